The molecule has 0 bridgehead atoms. The molecule has 7 heteroatoms. The summed E-state index contributed by atoms with van der Waals surface area (Å²) in [5, 5.41) is 0. The molecule has 19 heavy (non-hydrogen) atoms. The molecule has 2 heterocycles. The van der Waals surface area contributed by atoms with Gasteiger partial charge in [0.1, 0.15) is 5.82 Å². The molecule has 0 N–H and O–H groups in total. The maximum absolute atomic E-state index is 12.4. The van der Waals surface area contributed by atoms with Gasteiger partial charge in [-0.3, -0.25) is 4.90 Å². The number of anilines is 1. The number of pyridine rings is 1. The van der Waals surface area contributed by atoms with Crippen LogP contribution in [0, 0.1) is 0 Å². The van der Waals surface area contributed by atoms with E-state index in [-0.39, 0.29) is 11.8 Å². The third-order valence-electron chi connectivity index (χ3n) is 2.80. The Bertz CT molecular complexity index is 484. The van der Waals surface area contributed by atoms with Crippen LogP contribution in [0.2, 0.25) is 0 Å². The Labute approximate surface area is 108 Å². The number of aromatic nitrogens is 1. The monoisotopic (exact) mass is 271 g/mol. The van der Waals surface area contributed by atoms with Crippen LogP contribution in [0.4, 0.5) is 23.8 Å². The topological polar surface area (TPSA) is 36.4 Å². The van der Waals surface area contributed by atoms with E-state index >= 15 is 0 Å². The van der Waals surface area contributed by atoms with Crippen molar-refractivity contribution in [2.75, 3.05) is 24.5 Å². The molecule has 0 radical (unpaired) electrons. The average Bonchev–Trinajstić information content (AvgIpc) is 2.71. The number of alkyl halides is 3. The predicted octanol–water partition coefficient (Wildman–Crippen LogP) is 2.53. The van der Waals surface area contributed by atoms with E-state index in [1.165, 1.54) is 11.0 Å². The lowest BCUT2D eigenvalue weighted by atomic mass is 10.3. The zero-order valence-corrected chi connectivity index (χ0v) is 10.0. The number of nitrogens with zero attached hydrogens (tertiary/aromatic N) is 3. The van der Waals surface area contributed by atoms with Crippen LogP contribution in [-0.2, 0) is 6.18 Å². The zero-order valence-electron chi connectivity index (χ0n) is 10.0. The third-order valence-corrected chi connectivity index (χ3v) is 2.80. The van der Waals surface area contributed by atoms with E-state index in [9.17, 15) is 18.0 Å². The van der Waals surface area contributed by atoms with Gasteiger partial charge in [0.25, 0.3) is 0 Å². The number of carbonyl (C=O) groups is 1. The van der Waals surface area contributed by atoms with Gasteiger partial charge in [-0.15, -0.1) is 6.58 Å². The molecule has 0 aliphatic carbocycles. The summed E-state index contributed by atoms with van der Waals surface area (Å²) >= 11 is 0. The van der Waals surface area contributed by atoms with Gasteiger partial charge in [-0.25, -0.2) is 9.78 Å². The summed E-state index contributed by atoms with van der Waals surface area (Å²) in [6.45, 7) is 4.87. The molecule has 2 amide bonds. The highest BCUT2D eigenvalue weighted by molar-refractivity contribution is 5.93. The molecule has 1 aromatic rings. The van der Waals surface area contributed by atoms with Gasteiger partial charge in [-0.05, 0) is 12.1 Å². The molecule has 1 aromatic heterocycles. The van der Waals surface area contributed by atoms with Gasteiger partial charge in [-0.1, -0.05) is 6.08 Å². The van der Waals surface area contributed by atoms with Gasteiger partial charge < -0.3 is 4.90 Å². The first-order valence-corrected chi connectivity index (χ1v) is 5.64. The van der Waals surface area contributed by atoms with Crippen molar-refractivity contribution in [3.8, 4) is 0 Å². The smallest absolute Gasteiger partial charge is 0.319 e. The Morgan fingerprint density at radius 3 is 2.63 bits per heavy atom. The van der Waals surface area contributed by atoms with E-state index in [1.807, 2.05) is 0 Å². The number of hydrogen-bond donors (Lipinski definition) is 0. The molecule has 0 spiro atoms. The van der Waals surface area contributed by atoms with Gasteiger partial charge in [0, 0.05) is 25.8 Å². The second-order valence-corrected chi connectivity index (χ2v) is 4.07. The highest BCUT2D eigenvalue weighted by Crippen LogP contribution is 2.29. The molecule has 0 atom stereocenters. The largest absolute Gasteiger partial charge is 0.417 e. The van der Waals surface area contributed by atoms with Crippen molar-refractivity contribution in [1.82, 2.24) is 9.88 Å². The van der Waals surface area contributed by atoms with E-state index in [0.29, 0.717) is 19.6 Å². The Kier molecular flexibility index (Phi) is 3.46. The minimum Gasteiger partial charge on any atom is -0.319 e. The first-order chi connectivity index (χ1) is 8.93. The number of carbonyl (C=O) groups excluding carboxylic acids is 1. The zero-order chi connectivity index (χ0) is 14.0. The maximum atomic E-state index is 12.4. The summed E-state index contributed by atoms with van der Waals surface area (Å²) in [6.07, 6.45) is -2.09. The van der Waals surface area contributed by atoms with Crippen molar-refractivity contribution in [2.24, 2.45) is 0 Å². The van der Waals surface area contributed by atoms with Gasteiger partial charge in [-0.2, -0.15) is 13.2 Å². The highest BCUT2D eigenvalue weighted by atomic mass is 19.4. The van der Waals surface area contributed by atoms with Gasteiger partial charge in [0.05, 0.1) is 5.56 Å². The summed E-state index contributed by atoms with van der Waals surface area (Å²) in [5.41, 5.74) is -0.828. The van der Waals surface area contributed by atoms with E-state index in [2.05, 4.69) is 11.6 Å². The number of halogens is 3. The average molecular weight is 271 g/mol. The first kappa shape index (κ1) is 13.4. The van der Waals surface area contributed by atoms with Gasteiger partial charge >= 0.3 is 12.2 Å². The number of hydrogen-bond acceptors (Lipinski definition) is 2. The lowest BCUT2D eigenvalue weighted by molar-refractivity contribution is -0.137. The number of rotatable bonds is 3. The normalized spacial score (nSPS) is 16.1. The summed E-state index contributed by atoms with van der Waals surface area (Å²) in [5.74, 6) is 0.226. The van der Waals surface area contributed by atoms with Crippen molar-refractivity contribution in [2.45, 2.75) is 6.18 Å². The van der Waals surface area contributed by atoms with Gasteiger partial charge in [0.2, 0.25) is 0 Å². The van der Waals surface area contributed by atoms with Crippen molar-refractivity contribution in [3.63, 3.8) is 0 Å². The Balaban J connectivity index is 2.15. The molecule has 4 nitrogen and oxygen atoms in total. The molecule has 1 aliphatic heterocycles. The summed E-state index contributed by atoms with van der Waals surface area (Å²) in [6, 6.07) is 1.86. The fourth-order valence-corrected chi connectivity index (χ4v) is 1.83. The van der Waals surface area contributed by atoms with Crippen LogP contribution in [0.15, 0.2) is 31.0 Å². The SMILES string of the molecule is C=CCN1CCN(c2ccc(C(F)(F)F)cn2)C1=O. The van der Waals surface area contributed by atoms with Crippen LogP contribution in [0.5, 0.6) is 0 Å². The lowest BCUT2D eigenvalue weighted by Crippen LogP contribution is -2.32. The van der Waals surface area contributed by atoms with E-state index < -0.39 is 11.7 Å². The van der Waals surface area contributed by atoms with E-state index in [0.717, 1.165) is 12.3 Å². The summed E-state index contributed by atoms with van der Waals surface area (Å²) < 4.78 is 37.2. The predicted molar refractivity (Wildman–Crippen MR) is 63.8 cm³/mol. The van der Waals surface area contributed by atoms with E-state index in [1.54, 1.807) is 11.0 Å². The van der Waals surface area contributed by atoms with Crippen LogP contribution >= 0.6 is 0 Å². The number of urea groups is 1. The van der Waals surface area contributed by atoms with Crippen LogP contribution in [-0.4, -0.2) is 35.5 Å². The molecular weight excluding hydrogens is 259 g/mol. The van der Waals surface area contributed by atoms with Crippen LogP contribution in [0.1, 0.15) is 5.56 Å². The molecule has 0 aromatic carbocycles. The maximum Gasteiger partial charge on any atom is 0.417 e. The summed E-state index contributed by atoms with van der Waals surface area (Å²) in [4.78, 5) is 18.5. The molecule has 0 unspecified atom stereocenters. The lowest BCUT2D eigenvalue weighted by Gasteiger charge is -2.17. The Morgan fingerprint density at radius 2 is 2.11 bits per heavy atom. The minimum atomic E-state index is -4.42. The third kappa shape index (κ3) is 2.69. The molecule has 1 fully saturated rings. The Hall–Kier alpha value is -2.05. The Morgan fingerprint density at radius 1 is 1.37 bits per heavy atom. The fraction of sp³-hybridized carbons (Fsp3) is 0.333. The molecular formula is C12H12F3N3O. The minimum absolute atomic E-state index is 0.226. The summed E-state index contributed by atoms with van der Waals surface area (Å²) in [7, 11) is 0. The molecule has 0 saturated carbocycles. The van der Waals surface area contributed by atoms with Crippen LogP contribution in [0.25, 0.3) is 0 Å². The van der Waals surface area contributed by atoms with Gasteiger partial charge in [0.15, 0.2) is 0 Å². The van der Waals surface area contributed by atoms with Crippen LogP contribution < -0.4 is 4.90 Å². The molecule has 1 aliphatic rings. The van der Waals surface area contributed by atoms with Crippen molar-refractivity contribution in [1.29, 1.82) is 0 Å². The van der Waals surface area contributed by atoms with E-state index in [4.69, 9.17) is 0 Å². The van der Waals surface area contributed by atoms with Crippen molar-refractivity contribution >= 4 is 11.8 Å². The second-order valence-electron chi connectivity index (χ2n) is 4.07. The van der Waals surface area contributed by atoms with Crippen molar-refractivity contribution in [3.05, 3.63) is 36.5 Å². The fourth-order valence-electron chi connectivity index (χ4n) is 1.83. The van der Waals surface area contributed by atoms with Crippen LogP contribution in [0.3, 0.4) is 0 Å². The number of amides is 2. The first-order valence-electron chi connectivity index (χ1n) is 5.64. The second kappa shape index (κ2) is 4.91. The molecule has 2 rings (SSSR count). The quantitative estimate of drug-likeness (QED) is 0.792. The standard InChI is InChI=1S/C12H12F3N3O/c1-2-5-17-6-7-18(11(17)19)10-4-3-9(8-16-10)12(13,14)15/h2-4,8H,1,5-7H2. The molecule has 102 valence electrons. The molecule has 1 saturated heterocycles. The highest BCUT2D eigenvalue weighted by Gasteiger charge is 2.33. The van der Waals surface area contributed by atoms with Crippen molar-refractivity contribution < 1.29 is 18.0 Å².